The van der Waals surface area contributed by atoms with Crippen molar-refractivity contribution < 1.29 is 19.3 Å². The first-order chi connectivity index (χ1) is 12.4. The summed E-state index contributed by atoms with van der Waals surface area (Å²) in [6.07, 6.45) is 2.32. The largest absolute Gasteiger partial charge is 0.493 e. The minimum absolute atomic E-state index is 0.0775. The van der Waals surface area contributed by atoms with Crippen molar-refractivity contribution in [1.29, 1.82) is 0 Å². The lowest BCUT2D eigenvalue weighted by Gasteiger charge is -2.39. The summed E-state index contributed by atoms with van der Waals surface area (Å²) in [5.74, 6) is 2.16. The molecule has 142 valence electrons. The second-order valence-electron chi connectivity index (χ2n) is 7.29. The van der Waals surface area contributed by atoms with Gasteiger partial charge in [-0.3, -0.25) is 0 Å². The Labute approximate surface area is 171 Å². The van der Waals surface area contributed by atoms with Crippen LogP contribution in [0.25, 0.3) is 5.57 Å². The first kappa shape index (κ1) is 19.9. The Bertz CT molecular complexity index is 735. The van der Waals surface area contributed by atoms with Gasteiger partial charge in [-0.1, -0.05) is 22.4 Å². The second-order valence-corrected chi connectivity index (χ2v) is 9.26. The van der Waals surface area contributed by atoms with Gasteiger partial charge in [-0.15, -0.1) is 0 Å². The van der Waals surface area contributed by atoms with Gasteiger partial charge in [0, 0.05) is 26.1 Å². The number of rotatable bonds is 5. The molecule has 1 aromatic rings. The third kappa shape index (κ3) is 3.24. The van der Waals surface area contributed by atoms with E-state index in [0.717, 1.165) is 36.0 Å². The highest BCUT2D eigenvalue weighted by atomic mass is 127. The zero-order chi connectivity index (χ0) is 19.1. The summed E-state index contributed by atoms with van der Waals surface area (Å²) < 4.78 is 16.5. The van der Waals surface area contributed by atoms with Gasteiger partial charge in [0.15, 0.2) is 11.5 Å². The van der Waals surface area contributed by atoms with Crippen molar-refractivity contribution in [1.82, 2.24) is 0 Å². The lowest BCUT2D eigenvalue weighted by molar-refractivity contribution is 0.163. The maximum absolute atomic E-state index is 10.3. The van der Waals surface area contributed by atoms with Crippen molar-refractivity contribution in [3.63, 3.8) is 0 Å². The molecule has 6 heteroatoms. The van der Waals surface area contributed by atoms with Crippen LogP contribution in [0.3, 0.4) is 0 Å². The molecule has 0 aromatic heterocycles. The van der Waals surface area contributed by atoms with Gasteiger partial charge in [-0.2, -0.15) is 0 Å². The number of methoxy groups -OCH3 is 3. The molecular formula is C20H25IO4S. The van der Waals surface area contributed by atoms with E-state index < -0.39 is 0 Å². The van der Waals surface area contributed by atoms with E-state index in [-0.39, 0.29) is 11.5 Å². The van der Waals surface area contributed by atoms with Crippen LogP contribution in [0, 0.1) is 11.3 Å². The third-order valence-corrected chi connectivity index (χ3v) is 7.81. The lowest BCUT2D eigenvalue weighted by Crippen LogP contribution is -2.28. The molecule has 26 heavy (non-hydrogen) atoms. The van der Waals surface area contributed by atoms with Crippen LogP contribution >= 0.6 is 30.1 Å². The number of aliphatic hydroxyl groups excluding tert-OH is 1. The topological polar surface area (TPSA) is 47.9 Å². The zero-order valence-corrected chi connectivity index (χ0v) is 18.6. The Hall–Kier alpha value is -0.860. The highest BCUT2D eigenvalue weighted by molar-refractivity contribution is 14.2. The molecule has 2 aliphatic carbocycles. The van der Waals surface area contributed by atoms with E-state index in [4.69, 9.17) is 14.2 Å². The highest BCUT2D eigenvalue weighted by Gasteiger charge is 2.48. The molecule has 0 amide bonds. The average molecular weight is 488 g/mol. The first-order valence-corrected chi connectivity index (χ1v) is 11.9. The van der Waals surface area contributed by atoms with Crippen LogP contribution in [0.2, 0.25) is 0 Å². The molecule has 2 aliphatic rings. The van der Waals surface area contributed by atoms with Crippen LogP contribution in [0.5, 0.6) is 17.2 Å². The van der Waals surface area contributed by atoms with E-state index in [1.54, 1.807) is 30.3 Å². The number of halogens is 1. The maximum Gasteiger partial charge on any atom is 0.203 e. The Kier molecular flexibility index (Phi) is 5.84. The number of ether oxygens (including phenoxy) is 3. The molecule has 3 atom stereocenters. The second kappa shape index (κ2) is 7.64. The van der Waals surface area contributed by atoms with Gasteiger partial charge < -0.3 is 19.3 Å². The van der Waals surface area contributed by atoms with Crippen molar-refractivity contribution >= 4 is 35.7 Å². The molecule has 4 nitrogen and oxygen atoms in total. The van der Waals surface area contributed by atoms with Crippen LogP contribution in [-0.2, 0) is 0 Å². The van der Waals surface area contributed by atoms with Crippen molar-refractivity contribution in [2.45, 2.75) is 32.3 Å². The van der Waals surface area contributed by atoms with Gasteiger partial charge in [0.2, 0.25) is 5.75 Å². The summed E-state index contributed by atoms with van der Waals surface area (Å²) in [4.78, 5) is 1.29. The number of aliphatic hydroxyl groups is 1. The molecule has 1 N–H and O–H groups in total. The van der Waals surface area contributed by atoms with Crippen molar-refractivity contribution in [3.05, 3.63) is 34.8 Å². The quantitative estimate of drug-likeness (QED) is 0.575. The number of hydrogen-bond acceptors (Lipinski definition) is 5. The van der Waals surface area contributed by atoms with Gasteiger partial charge in [0.1, 0.15) is 0 Å². The molecule has 0 bridgehead atoms. The van der Waals surface area contributed by atoms with E-state index in [9.17, 15) is 5.11 Å². The van der Waals surface area contributed by atoms with E-state index in [1.165, 1.54) is 4.91 Å². The Morgan fingerprint density at radius 1 is 1.19 bits per heavy atom. The predicted molar refractivity (Wildman–Crippen MR) is 115 cm³/mol. The molecular weight excluding hydrogens is 463 g/mol. The first-order valence-electron chi connectivity index (χ1n) is 8.57. The molecule has 0 spiro atoms. The molecule has 1 saturated carbocycles. The third-order valence-electron chi connectivity index (χ3n) is 5.68. The van der Waals surface area contributed by atoms with Crippen LogP contribution in [-0.4, -0.2) is 32.5 Å². The molecule has 1 aromatic carbocycles. The van der Waals surface area contributed by atoms with E-state index in [1.807, 2.05) is 12.1 Å². The monoisotopic (exact) mass is 488 g/mol. The summed E-state index contributed by atoms with van der Waals surface area (Å²) in [6.45, 7) is 6.72. The van der Waals surface area contributed by atoms with Crippen molar-refractivity contribution in [2.24, 2.45) is 11.3 Å². The van der Waals surface area contributed by atoms with Crippen molar-refractivity contribution in [2.75, 3.05) is 21.3 Å². The smallest absolute Gasteiger partial charge is 0.203 e. The molecule has 1 fully saturated rings. The van der Waals surface area contributed by atoms with Crippen LogP contribution < -0.4 is 14.2 Å². The fourth-order valence-electron chi connectivity index (χ4n) is 4.52. The van der Waals surface area contributed by atoms with E-state index in [2.05, 4.69) is 34.7 Å². The van der Waals surface area contributed by atoms with Crippen LogP contribution in [0.1, 0.15) is 31.7 Å². The van der Waals surface area contributed by atoms with Crippen molar-refractivity contribution in [3.8, 4) is 17.2 Å². The number of benzene rings is 1. The Morgan fingerprint density at radius 2 is 1.81 bits per heavy atom. The van der Waals surface area contributed by atoms with Gasteiger partial charge in [-0.05, 0) is 59.4 Å². The van der Waals surface area contributed by atoms with Gasteiger partial charge in [-0.25, -0.2) is 0 Å². The predicted octanol–water partition coefficient (Wildman–Crippen LogP) is 5.24. The zero-order valence-electron chi connectivity index (χ0n) is 15.6. The molecule has 0 aliphatic heterocycles. The summed E-state index contributed by atoms with van der Waals surface area (Å²) in [6, 6.07) is 3.98. The number of hydrogen-bond donors (Lipinski definition) is 1. The van der Waals surface area contributed by atoms with E-state index in [0.29, 0.717) is 23.2 Å². The molecule has 0 radical (unpaired) electrons. The number of allylic oxidation sites excluding steroid dienone is 3. The lowest BCUT2D eigenvalue weighted by atomic mass is 9.67. The van der Waals surface area contributed by atoms with Crippen LogP contribution in [0.4, 0.5) is 0 Å². The fourth-order valence-corrected chi connectivity index (χ4v) is 6.36. The summed E-state index contributed by atoms with van der Waals surface area (Å²) in [7, 11) is 6.60. The minimum atomic E-state index is -0.249. The maximum atomic E-state index is 10.3. The van der Waals surface area contributed by atoms with Crippen LogP contribution in [0.15, 0.2) is 29.2 Å². The fraction of sp³-hybridized carbons (Fsp3) is 0.500. The number of fused-ring (bicyclic) bond motifs is 1. The van der Waals surface area contributed by atoms with E-state index >= 15 is 0 Å². The van der Waals surface area contributed by atoms with Gasteiger partial charge in [0.25, 0.3) is 0 Å². The minimum Gasteiger partial charge on any atom is -0.493 e. The summed E-state index contributed by atoms with van der Waals surface area (Å²) in [5, 5.41) is 10.3. The molecule has 0 heterocycles. The van der Waals surface area contributed by atoms with Gasteiger partial charge in [0.05, 0.1) is 27.4 Å². The summed E-state index contributed by atoms with van der Waals surface area (Å²) in [5.41, 5.74) is 3.35. The normalized spacial score (nSPS) is 28.2. The Balaban J connectivity index is 2.15. The summed E-state index contributed by atoms with van der Waals surface area (Å²) >= 11 is 2.34. The molecule has 0 unspecified atom stereocenters. The van der Waals surface area contributed by atoms with Gasteiger partial charge >= 0.3 is 0 Å². The molecule has 0 saturated heterocycles. The molecule has 3 rings (SSSR count). The highest BCUT2D eigenvalue weighted by Crippen LogP contribution is 2.60. The average Bonchev–Trinajstić information content (AvgIpc) is 2.94. The Morgan fingerprint density at radius 3 is 2.31 bits per heavy atom. The standard InChI is InChI=1S/C20H25IO4S/c1-11-14-8-13(22)9-20(14,2)10-17(26-21)18(11)12-6-15(23-3)19(25-5)16(7-12)24-4/h6-7,13-14,22H,1,8-10H2,2-5H3/t13-,14+,20+/m0/s1. The SMILES string of the molecule is C=C1C(c2cc(OC)c(OC)c(OC)c2)=C(SI)C[C@@]2(C)C[C@@H](O)C[C@H]12.